The standard InChI is InChI=1S/C16H15FN2O4S/c1-19-13-4-2-3-5-14(13)23-15(16(19)20)10-18-24(21,22)12-8-6-11(17)7-9-12/h2-9,15,18H,10H2,1H3. The maximum Gasteiger partial charge on any atom is 0.269 e. The van der Waals surface area contributed by atoms with E-state index in [0.717, 1.165) is 24.3 Å². The van der Waals surface area contributed by atoms with Gasteiger partial charge in [0, 0.05) is 7.05 Å². The molecule has 0 bridgehead atoms. The SMILES string of the molecule is CN1C(=O)C(CNS(=O)(=O)c2ccc(F)cc2)Oc2ccccc21. The number of carbonyl (C=O) groups is 1. The van der Waals surface area contributed by atoms with E-state index in [4.69, 9.17) is 4.74 Å². The average Bonchev–Trinajstić information content (AvgIpc) is 2.57. The van der Waals surface area contributed by atoms with Gasteiger partial charge in [-0.1, -0.05) is 12.1 Å². The Labute approximate surface area is 138 Å². The predicted octanol–water partition coefficient (Wildman–Crippen LogP) is 1.53. The topological polar surface area (TPSA) is 75.7 Å². The maximum atomic E-state index is 12.9. The summed E-state index contributed by atoms with van der Waals surface area (Å²) in [5.41, 5.74) is 0.625. The first-order valence-electron chi connectivity index (χ1n) is 7.17. The summed E-state index contributed by atoms with van der Waals surface area (Å²) in [6.45, 7) is -0.225. The van der Waals surface area contributed by atoms with Crippen molar-refractivity contribution in [1.82, 2.24) is 4.72 Å². The summed E-state index contributed by atoms with van der Waals surface area (Å²) in [7, 11) is -2.26. The largest absolute Gasteiger partial charge is 0.477 e. The van der Waals surface area contributed by atoms with E-state index >= 15 is 0 Å². The van der Waals surface area contributed by atoms with Crippen LogP contribution in [-0.2, 0) is 14.8 Å². The molecule has 0 aromatic heterocycles. The highest BCUT2D eigenvalue weighted by Gasteiger charge is 2.33. The van der Waals surface area contributed by atoms with Crippen LogP contribution in [0.4, 0.5) is 10.1 Å². The zero-order valence-corrected chi connectivity index (χ0v) is 13.6. The summed E-state index contributed by atoms with van der Waals surface area (Å²) in [5.74, 6) is -0.376. The number of fused-ring (bicyclic) bond motifs is 1. The van der Waals surface area contributed by atoms with E-state index in [-0.39, 0.29) is 17.3 Å². The quantitative estimate of drug-likeness (QED) is 0.907. The van der Waals surface area contributed by atoms with Gasteiger partial charge >= 0.3 is 0 Å². The van der Waals surface area contributed by atoms with E-state index in [1.807, 2.05) is 0 Å². The van der Waals surface area contributed by atoms with E-state index < -0.39 is 21.9 Å². The summed E-state index contributed by atoms with van der Waals surface area (Å²) in [6, 6.07) is 11.4. The van der Waals surface area contributed by atoms with Gasteiger partial charge in [0.1, 0.15) is 11.6 Å². The number of likely N-dealkylation sites (N-methyl/N-ethyl adjacent to an activating group) is 1. The lowest BCUT2D eigenvalue weighted by Crippen LogP contribution is -2.49. The van der Waals surface area contributed by atoms with Crippen LogP contribution in [0.1, 0.15) is 0 Å². The Balaban J connectivity index is 1.75. The molecule has 6 nitrogen and oxygen atoms in total. The number of para-hydroxylation sites is 2. The number of nitrogens with one attached hydrogen (secondary N) is 1. The lowest BCUT2D eigenvalue weighted by atomic mass is 10.2. The van der Waals surface area contributed by atoms with Crippen LogP contribution in [0, 0.1) is 5.82 Å². The molecule has 8 heteroatoms. The van der Waals surface area contributed by atoms with Crippen molar-refractivity contribution in [2.75, 3.05) is 18.5 Å². The first-order chi connectivity index (χ1) is 11.4. The number of rotatable bonds is 4. The van der Waals surface area contributed by atoms with Crippen LogP contribution in [0.2, 0.25) is 0 Å². The number of nitrogens with zero attached hydrogens (tertiary/aromatic N) is 1. The molecule has 1 unspecified atom stereocenters. The summed E-state index contributed by atoms with van der Waals surface area (Å²) in [6.07, 6.45) is -0.972. The molecule has 3 rings (SSSR count). The fourth-order valence-electron chi connectivity index (χ4n) is 2.38. The number of halogens is 1. The lowest BCUT2D eigenvalue weighted by molar-refractivity contribution is -0.125. The Morgan fingerprint density at radius 3 is 2.54 bits per heavy atom. The minimum atomic E-state index is -3.86. The molecule has 1 aliphatic heterocycles. The van der Waals surface area contributed by atoms with Crippen molar-refractivity contribution in [1.29, 1.82) is 0 Å². The van der Waals surface area contributed by atoms with Gasteiger partial charge in [-0.2, -0.15) is 0 Å². The lowest BCUT2D eigenvalue weighted by Gasteiger charge is -2.31. The van der Waals surface area contributed by atoms with E-state index in [9.17, 15) is 17.6 Å². The molecule has 0 saturated heterocycles. The van der Waals surface area contributed by atoms with E-state index in [1.54, 1.807) is 31.3 Å². The third kappa shape index (κ3) is 3.10. The highest BCUT2D eigenvalue weighted by atomic mass is 32.2. The van der Waals surface area contributed by atoms with Gasteiger partial charge < -0.3 is 9.64 Å². The molecule has 1 heterocycles. The fraction of sp³-hybridized carbons (Fsp3) is 0.188. The second kappa shape index (κ2) is 6.21. The van der Waals surface area contributed by atoms with E-state index in [2.05, 4.69) is 4.72 Å². The minimum absolute atomic E-state index is 0.0825. The normalized spacial score (nSPS) is 17.3. The second-order valence-electron chi connectivity index (χ2n) is 5.28. The zero-order valence-electron chi connectivity index (χ0n) is 12.8. The molecule has 0 spiro atoms. The first-order valence-corrected chi connectivity index (χ1v) is 8.65. The molecule has 2 aromatic carbocycles. The van der Waals surface area contributed by atoms with Crippen LogP contribution < -0.4 is 14.4 Å². The molecule has 0 saturated carbocycles. The summed E-state index contributed by atoms with van der Waals surface area (Å²) in [4.78, 5) is 13.6. The van der Waals surface area contributed by atoms with Crippen molar-refractivity contribution in [2.45, 2.75) is 11.0 Å². The summed E-state index contributed by atoms with van der Waals surface area (Å²) in [5, 5.41) is 0. The molecule has 0 fully saturated rings. The van der Waals surface area contributed by atoms with Crippen molar-refractivity contribution in [3.05, 3.63) is 54.3 Å². The number of hydrogen-bond donors (Lipinski definition) is 1. The van der Waals surface area contributed by atoms with Gasteiger partial charge in [0.25, 0.3) is 5.91 Å². The molecule has 24 heavy (non-hydrogen) atoms. The number of anilines is 1. The van der Waals surface area contributed by atoms with Crippen molar-refractivity contribution >= 4 is 21.6 Å². The summed E-state index contributed by atoms with van der Waals surface area (Å²) < 4.78 is 45.2. The highest BCUT2D eigenvalue weighted by Crippen LogP contribution is 2.32. The molecule has 126 valence electrons. The molecule has 1 aliphatic rings. The van der Waals surface area contributed by atoms with Gasteiger partial charge in [-0.25, -0.2) is 17.5 Å². The fourth-order valence-corrected chi connectivity index (χ4v) is 3.42. The smallest absolute Gasteiger partial charge is 0.269 e. The second-order valence-corrected chi connectivity index (χ2v) is 7.04. The molecule has 0 aliphatic carbocycles. The molecule has 0 radical (unpaired) electrons. The molecule has 2 aromatic rings. The van der Waals surface area contributed by atoms with E-state index in [1.165, 1.54) is 4.90 Å². The van der Waals surface area contributed by atoms with Crippen LogP contribution >= 0.6 is 0 Å². The number of benzene rings is 2. The Bertz CT molecular complexity index is 868. The van der Waals surface area contributed by atoms with Gasteiger partial charge in [0.2, 0.25) is 10.0 Å². The monoisotopic (exact) mass is 350 g/mol. The summed E-state index contributed by atoms with van der Waals surface area (Å²) >= 11 is 0. The molecular weight excluding hydrogens is 335 g/mol. The predicted molar refractivity (Wildman–Crippen MR) is 85.9 cm³/mol. The number of carbonyl (C=O) groups excluding carboxylic acids is 1. The number of amides is 1. The van der Waals surface area contributed by atoms with Crippen molar-refractivity contribution in [3.63, 3.8) is 0 Å². The third-order valence-electron chi connectivity index (χ3n) is 3.68. The number of hydrogen-bond acceptors (Lipinski definition) is 4. The number of sulfonamides is 1. The van der Waals surface area contributed by atoms with Crippen LogP contribution in [0.5, 0.6) is 5.75 Å². The highest BCUT2D eigenvalue weighted by molar-refractivity contribution is 7.89. The molecule has 1 N–H and O–H groups in total. The third-order valence-corrected chi connectivity index (χ3v) is 5.12. The molecule has 1 atom stereocenters. The average molecular weight is 350 g/mol. The van der Waals surface area contributed by atoms with Gasteiger partial charge in [-0.15, -0.1) is 0 Å². The Morgan fingerprint density at radius 2 is 1.83 bits per heavy atom. The zero-order chi connectivity index (χ0) is 17.3. The van der Waals surface area contributed by atoms with Crippen molar-refractivity contribution in [2.24, 2.45) is 0 Å². The van der Waals surface area contributed by atoms with Crippen LogP contribution in [-0.4, -0.2) is 34.0 Å². The van der Waals surface area contributed by atoms with Crippen molar-refractivity contribution in [3.8, 4) is 5.75 Å². The first kappa shape index (κ1) is 16.4. The minimum Gasteiger partial charge on any atom is -0.477 e. The van der Waals surface area contributed by atoms with Crippen molar-refractivity contribution < 1.29 is 22.3 Å². The van der Waals surface area contributed by atoms with Gasteiger partial charge in [-0.05, 0) is 36.4 Å². The van der Waals surface area contributed by atoms with Crippen LogP contribution in [0.15, 0.2) is 53.4 Å². The van der Waals surface area contributed by atoms with Gasteiger partial charge in [0.15, 0.2) is 6.10 Å². The van der Waals surface area contributed by atoms with Gasteiger partial charge in [0.05, 0.1) is 17.1 Å². The van der Waals surface area contributed by atoms with Crippen LogP contribution in [0.25, 0.3) is 0 Å². The molecular formula is C16H15FN2O4S. The van der Waals surface area contributed by atoms with E-state index in [0.29, 0.717) is 11.4 Å². The van der Waals surface area contributed by atoms with Crippen LogP contribution in [0.3, 0.4) is 0 Å². The molecule has 1 amide bonds. The number of ether oxygens (including phenoxy) is 1. The maximum absolute atomic E-state index is 12.9. The Hall–Kier alpha value is -2.45. The Kier molecular flexibility index (Phi) is 4.25. The Morgan fingerprint density at radius 1 is 1.17 bits per heavy atom. The van der Waals surface area contributed by atoms with Gasteiger partial charge in [-0.3, -0.25) is 4.79 Å².